The molecule has 0 N–H and O–H groups in total. The van der Waals surface area contributed by atoms with Crippen LogP contribution in [0.4, 0.5) is 14.5 Å². The summed E-state index contributed by atoms with van der Waals surface area (Å²) < 4.78 is 30.8. The summed E-state index contributed by atoms with van der Waals surface area (Å²) in [5.74, 6) is -3.29. The Hall–Kier alpha value is -1.98. The van der Waals surface area contributed by atoms with Crippen molar-refractivity contribution < 1.29 is 18.3 Å². The van der Waals surface area contributed by atoms with Crippen LogP contribution < -0.4 is 0 Å². The van der Waals surface area contributed by atoms with Crippen molar-refractivity contribution >= 4 is 18.0 Å². The Labute approximate surface area is 141 Å². The number of nitrogens with zero attached hydrogens (tertiary/aromatic N) is 2. The fourth-order valence-electron chi connectivity index (χ4n) is 2.58. The van der Waals surface area contributed by atoms with Crippen molar-refractivity contribution in [3.05, 3.63) is 28.8 Å². The van der Waals surface area contributed by atoms with E-state index in [1.807, 2.05) is 38.8 Å². The van der Waals surface area contributed by atoms with E-state index in [0.29, 0.717) is 5.56 Å². The van der Waals surface area contributed by atoms with E-state index in [9.17, 15) is 13.6 Å². The van der Waals surface area contributed by atoms with Crippen molar-refractivity contribution in [2.24, 2.45) is 10.9 Å². The molecule has 0 heterocycles. The van der Waals surface area contributed by atoms with Gasteiger partial charge in [0.2, 0.25) is 5.92 Å². The number of alkyl halides is 2. The molecular weight excluding hydrogens is 314 g/mol. The largest absolute Gasteiger partial charge is 0.462 e. The van der Waals surface area contributed by atoms with Crippen molar-refractivity contribution in [1.82, 2.24) is 4.90 Å². The maximum atomic E-state index is 12.8. The number of aryl methyl sites for hydroxylation is 2. The number of halogens is 2. The number of hydrogen-bond donors (Lipinski definition) is 0. The first-order valence-electron chi connectivity index (χ1n) is 8.12. The van der Waals surface area contributed by atoms with Crippen LogP contribution in [-0.4, -0.2) is 43.3 Å². The monoisotopic (exact) mass is 338 g/mol. The average molecular weight is 338 g/mol. The lowest BCUT2D eigenvalue weighted by atomic mass is 9.82. The van der Waals surface area contributed by atoms with Gasteiger partial charge in [-0.3, -0.25) is 0 Å². The molecular formula is C18H24F2N2O2. The molecule has 4 nitrogen and oxygen atoms in total. The van der Waals surface area contributed by atoms with Crippen LogP contribution >= 0.6 is 0 Å². The van der Waals surface area contributed by atoms with Gasteiger partial charge in [-0.1, -0.05) is 0 Å². The molecule has 0 spiro atoms. The smallest absolute Gasteiger partial charge is 0.338 e. The van der Waals surface area contributed by atoms with Gasteiger partial charge in [-0.15, -0.1) is 0 Å². The topological polar surface area (TPSA) is 41.9 Å². The summed E-state index contributed by atoms with van der Waals surface area (Å²) >= 11 is 0. The van der Waals surface area contributed by atoms with Gasteiger partial charge in [0.25, 0.3) is 0 Å². The van der Waals surface area contributed by atoms with Gasteiger partial charge in [0.15, 0.2) is 0 Å². The molecule has 0 unspecified atom stereocenters. The predicted octanol–water partition coefficient (Wildman–Crippen LogP) is 4.12. The number of esters is 1. The molecule has 0 amide bonds. The number of carbonyl (C=O) groups is 1. The number of ether oxygens (including phenoxy) is 1. The zero-order valence-corrected chi connectivity index (χ0v) is 14.6. The number of hydrogen-bond acceptors (Lipinski definition) is 3. The van der Waals surface area contributed by atoms with Crippen LogP contribution in [0.2, 0.25) is 0 Å². The zero-order chi connectivity index (χ0) is 17.9. The van der Waals surface area contributed by atoms with Gasteiger partial charge >= 0.3 is 5.97 Å². The van der Waals surface area contributed by atoms with Crippen LogP contribution in [0.5, 0.6) is 0 Å². The normalized spacial score (nSPS) is 16.9. The third kappa shape index (κ3) is 4.52. The molecule has 24 heavy (non-hydrogen) atoms. The van der Waals surface area contributed by atoms with Crippen molar-refractivity contribution in [2.45, 2.75) is 39.5 Å². The third-order valence-electron chi connectivity index (χ3n) is 4.28. The molecule has 1 aliphatic carbocycles. The summed E-state index contributed by atoms with van der Waals surface area (Å²) in [5.41, 5.74) is 2.88. The Kier molecular flexibility index (Phi) is 5.57. The first kappa shape index (κ1) is 18.4. The highest BCUT2D eigenvalue weighted by Gasteiger charge is 2.45. The lowest BCUT2D eigenvalue weighted by molar-refractivity contribution is -0.122. The molecule has 1 fully saturated rings. The van der Waals surface area contributed by atoms with Crippen LogP contribution in [0.25, 0.3) is 0 Å². The summed E-state index contributed by atoms with van der Waals surface area (Å²) in [6, 6.07) is 3.58. The van der Waals surface area contributed by atoms with E-state index in [4.69, 9.17) is 4.74 Å². The average Bonchev–Trinajstić information content (AvgIpc) is 2.50. The highest BCUT2D eigenvalue weighted by Crippen LogP contribution is 2.42. The molecule has 1 aromatic carbocycles. The summed E-state index contributed by atoms with van der Waals surface area (Å²) in [7, 11) is 1.93. The van der Waals surface area contributed by atoms with E-state index >= 15 is 0 Å². The SMILES string of the molecule is CCN(C)C=Nc1cc(C)c(C(=O)OCC2CC(F)(F)C2)cc1C. The second-order valence-electron chi connectivity index (χ2n) is 6.50. The molecule has 0 aromatic heterocycles. The lowest BCUT2D eigenvalue weighted by Gasteiger charge is -2.34. The molecule has 6 heteroatoms. The van der Waals surface area contributed by atoms with Crippen LogP contribution in [0.1, 0.15) is 41.3 Å². The molecule has 0 bridgehead atoms. The highest BCUT2D eigenvalue weighted by atomic mass is 19.3. The van der Waals surface area contributed by atoms with Crippen LogP contribution in [-0.2, 0) is 4.74 Å². The van der Waals surface area contributed by atoms with Gasteiger partial charge in [-0.05, 0) is 44.0 Å². The third-order valence-corrected chi connectivity index (χ3v) is 4.28. The standard InChI is InChI=1S/C18H24F2N2O2/c1-5-22(4)11-21-16-7-12(2)15(6-13(16)3)17(23)24-10-14-8-18(19,20)9-14/h6-7,11,14H,5,8-10H2,1-4H3. The molecule has 0 saturated heterocycles. The van der Waals surface area contributed by atoms with Crippen LogP contribution in [0, 0.1) is 19.8 Å². The van der Waals surface area contributed by atoms with Gasteiger partial charge in [0.1, 0.15) is 0 Å². The quantitative estimate of drug-likeness (QED) is 0.445. The Bertz CT molecular complexity index is 636. The van der Waals surface area contributed by atoms with Crippen molar-refractivity contribution in [2.75, 3.05) is 20.2 Å². The van der Waals surface area contributed by atoms with Gasteiger partial charge in [0, 0.05) is 32.4 Å². The maximum absolute atomic E-state index is 12.8. The molecule has 2 rings (SSSR count). The second kappa shape index (κ2) is 7.28. The summed E-state index contributed by atoms with van der Waals surface area (Å²) in [6.45, 7) is 6.62. The summed E-state index contributed by atoms with van der Waals surface area (Å²) in [4.78, 5) is 18.6. The summed E-state index contributed by atoms with van der Waals surface area (Å²) in [5, 5.41) is 0. The van der Waals surface area contributed by atoms with Gasteiger partial charge in [-0.25, -0.2) is 18.6 Å². The van der Waals surface area contributed by atoms with E-state index in [-0.39, 0.29) is 25.4 Å². The lowest BCUT2D eigenvalue weighted by Crippen LogP contribution is -2.38. The Balaban J connectivity index is 2.01. The van der Waals surface area contributed by atoms with E-state index in [2.05, 4.69) is 4.99 Å². The highest BCUT2D eigenvalue weighted by molar-refractivity contribution is 5.92. The van der Waals surface area contributed by atoms with Gasteiger partial charge in [0.05, 0.1) is 24.2 Å². The first-order chi connectivity index (χ1) is 11.2. The predicted molar refractivity (Wildman–Crippen MR) is 90.3 cm³/mol. The second-order valence-corrected chi connectivity index (χ2v) is 6.50. The molecule has 1 aromatic rings. The van der Waals surface area contributed by atoms with Gasteiger partial charge < -0.3 is 9.64 Å². The number of benzene rings is 1. The molecule has 132 valence electrons. The number of rotatable bonds is 6. The van der Waals surface area contributed by atoms with Gasteiger partial charge in [-0.2, -0.15) is 0 Å². The van der Waals surface area contributed by atoms with Crippen molar-refractivity contribution in [1.29, 1.82) is 0 Å². The van der Waals surface area contributed by atoms with E-state index in [1.54, 1.807) is 12.4 Å². The molecule has 0 radical (unpaired) electrons. The minimum atomic E-state index is -2.59. The van der Waals surface area contributed by atoms with Crippen molar-refractivity contribution in [3.63, 3.8) is 0 Å². The maximum Gasteiger partial charge on any atom is 0.338 e. The number of aliphatic imine (C=N–C) groups is 1. The van der Waals surface area contributed by atoms with Crippen molar-refractivity contribution in [3.8, 4) is 0 Å². The zero-order valence-electron chi connectivity index (χ0n) is 14.6. The van der Waals surface area contributed by atoms with Crippen LogP contribution in [0.15, 0.2) is 17.1 Å². The Morgan fingerprint density at radius 1 is 1.38 bits per heavy atom. The molecule has 1 saturated carbocycles. The molecule has 0 aliphatic heterocycles. The number of carbonyl (C=O) groups excluding carboxylic acids is 1. The molecule has 0 atom stereocenters. The molecule has 1 aliphatic rings. The fourth-order valence-corrected chi connectivity index (χ4v) is 2.58. The Morgan fingerprint density at radius 3 is 2.62 bits per heavy atom. The minimum absolute atomic E-state index is 0.0497. The van der Waals surface area contributed by atoms with E-state index in [0.717, 1.165) is 23.4 Å². The fraction of sp³-hybridized carbons (Fsp3) is 0.556. The Morgan fingerprint density at radius 2 is 2.04 bits per heavy atom. The van der Waals surface area contributed by atoms with E-state index in [1.165, 1.54) is 0 Å². The first-order valence-corrected chi connectivity index (χ1v) is 8.12. The minimum Gasteiger partial charge on any atom is -0.462 e. The van der Waals surface area contributed by atoms with E-state index < -0.39 is 11.9 Å². The van der Waals surface area contributed by atoms with Crippen LogP contribution in [0.3, 0.4) is 0 Å². The summed E-state index contributed by atoms with van der Waals surface area (Å²) in [6.07, 6.45) is 1.35.